The highest BCUT2D eigenvalue weighted by molar-refractivity contribution is 6.42. The predicted molar refractivity (Wildman–Crippen MR) is 61.2 cm³/mol. The van der Waals surface area contributed by atoms with Crippen LogP contribution in [0.1, 0.15) is 17.9 Å². The molecule has 0 aromatic heterocycles. The fourth-order valence-corrected chi connectivity index (χ4v) is 2.37. The topological polar surface area (TPSA) is 12.0 Å². The molecule has 3 heteroatoms. The quantitative estimate of drug-likeness (QED) is 0.839. The van der Waals surface area contributed by atoms with Crippen LogP contribution >= 0.6 is 23.2 Å². The maximum Gasteiger partial charge on any atom is 0.0627 e. The van der Waals surface area contributed by atoms with Crippen molar-refractivity contribution in [3.63, 3.8) is 0 Å². The summed E-state index contributed by atoms with van der Waals surface area (Å²) in [5, 5.41) is 4.59. The van der Waals surface area contributed by atoms with Crippen molar-refractivity contribution in [3.8, 4) is 0 Å². The summed E-state index contributed by atoms with van der Waals surface area (Å²) in [4.78, 5) is 0. The molecule has 1 aromatic rings. The van der Waals surface area contributed by atoms with Gasteiger partial charge in [-0.2, -0.15) is 0 Å². The first-order valence-electron chi connectivity index (χ1n) is 4.82. The van der Waals surface area contributed by atoms with Gasteiger partial charge < -0.3 is 5.32 Å². The number of halogens is 2. The van der Waals surface area contributed by atoms with Crippen LogP contribution in [0.25, 0.3) is 0 Å². The lowest BCUT2D eigenvalue weighted by atomic mass is 10.1. The highest BCUT2D eigenvalue weighted by atomic mass is 35.5. The van der Waals surface area contributed by atoms with E-state index in [0.29, 0.717) is 10.9 Å². The first-order chi connectivity index (χ1) is 6.74. The minimum atomic E-state index is 0.605. The molecule has 0 spiro atoms. The lowest BCUT2D eigenvalue weighted by Crippen LogP contribution is -2.10. The summed E-state index contributed by atoms with van der Waals surface area (Å²) in [6.45, 7) is 1.06. The van der Waals surface area contributed by atoms with Gasteiger partial charge in [-0.1, -0.05) is 35.3 Å². The highest BCUT2D eigenvalue weighted by Crippen LogP contribution is 2.50. The van der Waals surface area contributed by atoms with Gasteiger partial charge in [0.05, 0.1) is 10.0 Å². The van der Waals surface area contributed by atoms with Crippen molar-refractivity contribution in [2.75, 3.05) is 13.6 Å². The third kappa shape index (κ3) is 1.90. The van der Waals surface area contributed by atoms with Gasteiger partial charge in [0.2, 0.25) is 0 Å². The molecule has 14 heavy (non-hydrogen) atoms. The average Bonchev–Trinajstić information content (AvgIpc) is 2.90. The van der Waals surface area contributed by atoms with Gasteiger partial charge in [0.1, 0.15) is 0 Å². The van der Waals surface area contributed by atoms with E-state index in [0.717, 1.165) is 17.5 Å². The summed E-state index contributed by atoms with van der Waals surface area (Å²) in [5.41, 5.74) is 1.21. The molecule has 1 aromatic carbocycles. The summed E-state index contributed by atoms with van der Waals surface area (Å²) >= 11 is 12.1. The lowest BCUT2D eigenvalue weighted by molar-refractivity contribution is 0.698. The van der Waals surface area contributed by atoms with Gasteiger partial charge in [0.25, 0.3) is 0 Å². The molecule has 1 N–H and O–H groups in total. The van der Waals surface area contributed by atoms with Crippen molar-refractivity contribution in [3.05, 3.63) is 33.8 Å². The van der Waals surface area contributed by atoms with E-state index in [2.05, 4.69) is 11.4 Å². The smallest absolute Gasteiger partial charge is 0.0627 e. The minimum Gasteiger partial charge on any atom is -0.319 e. The Morgan fingerprint density at radius 1 is 1.43 bits per heavy atom. The van der Waals surface area contributed by atoms with E-state index >= 15 is 0 Å². The molecule has 0 bridgehead atoms. The van der Waals surface area contributed by atoms with Gasteiger partial charge >= 0.3 is 0 Å². The molecule has 0 heterocycles. The predicted octanol–water partition coefficient (Wildman–Crippen LogP) is 3.32. The van der Waals surface area contributed by atoms with Crippen molar-refractivity contribution < 1.29 is 0 Å². The molecule has 1 fully saturated rings. The van der Waals surface area contributed by atoms with E-state index < -0.39 is 0 Å². The summed E-state index contributed by atoms with van der Waals surface area (Å²) in [5.74, 6) is 1.34. The monoisotopic (exact) mass is 229 g/mol. The lowest BCUT2D eigenvalue weighted by Gasteiger charge is -2.04. The van der Waals surface area contributed by atoms with Crippen molar-refractivity contribution >= 4 is 23.2 Å². The van der Waals surface area contributed by atoms with Gasteiger partial charge in [0, 0.05) is 0 Å². The van der Waals surface area contributed by atoms with Crippen LogP contribution < -0.4 is 5.32 Å². The van der Waals surface area contributed by atoms with E-state index in [1.165, 1.54) is 12.0 Å². The Hall–Kier alpha value is -0.240. The van der Waals surface area contributed by atoms with Crippen molar-refractivity contribution in [1.29, 1.82) is 0 Å². The molecule has 0 radical (unpaired) electrons. The SMILES string of the molecule is CNC[C@@H]1C[C@H]1c1cccc(Cl)c1Cl. The van der Waals surface area contributed by atoms with Crippen LogP contribution in [0.15, 0.2) is 18.2 Å². The van der Waals surface area contributed by atoms with Gasteiger partial charge in [-0.3, -0.25) is 0 Å². The Labute approximate surface area is 94.4 Å². The Morgan fingerprint density at radius 3 is 2.93 bits per heavy atom. The fourth-order valence-electron chi connectivity index (χ4n) is 1.92. The van der Waals surface area contributed by atoms with Gasteiger partial charge in [-0.15, -0.1) is 0 Å². The molecular formula is C11H13Cl2N. The van der Waals surface area contributed by atoms with E-state index in [4.69, 9.17) is 23.2 Å². The van der Waals surface area contributed by atoms with E-state index in [1.54, 1.807) is 0 Å². The largest absolute Gasteiger partial charge is 0.319 e. The van der Waals surface area contributed by atoms with Gasteiger partial charge in [-0.05, 0) is 43.5 Å². The second kappa shape index (κ2) is 4.09. The average molecular weight is 230 g/mol. The third-order valence-electron chi connectivity index (χ3n) is 2.77. The van der Waals surface area contributed by atoms with Crippen molar-refractivity contribution in [2.45, 2.75) is 12.3 Å². The summed E-state index contributed by atoms with van der Waals surface area (Å²) < 4.78 is 0. The number of nitrogens with one attached hydrogen (secondary N) is 1. The Morgan fingerprint density at radius 2 is 2.21 bits per heavy atom. The molecule has 1 nitrogen and oxygen atoms in total. The van der Waals surface area contributed by atoms with Gasteiger partial charge in [0.15, 0.2) is 0 Å². The first-order valence-corrected chi connectivity index (χ1v) is 5.58. The van der Waals surface area contributed by atoms with Crippen molar-refractivity contribution in [1.82, 2.24) is 5.32 Å². The Bertz CT molecular complexity index is 338. The second-order valence-corrected chi connectivity index (χ2v) is 4.59. The van der Waals surface area contributed by atoms with Crippen LogP contribution in [0.2, 0.25) is 10.0 Å². The molecule has 2 atom stereocenters. The Balaban J connectivity index is 2.15. The number of rotatable bonds is 3. The highest BCUT2D eigenvalue weighted by Gasteiger charge is 2.38. The number of hydrogen-bond donors (Lipinski definition) is 1. The van der Waals surface area contributed by atoms with Crippen LogP contribution in [-0.4, -0.2) is 13.6 Å². The fraction of sp³-hybridized carbons (Fsp3) is 0.455. The number of benzene rings is 1. The summed E-state index contributed by atoms with van der Waals surface area (Å²) in [6, 6.07) is 5.88. The van der Waals surface area contributed by atoms with E-state index in [-0.39, 0.29) is 0 Å². The molecule has 0 unspecified atom stereocenters. The summed E-state index contributed by atoms with van der Waals surface area (Å²) in [7, 11) is 1.98. The van der Waals surface area contributed by atoms with Gasteiger partial charge in [-0.25, -0.2) is 0 Å². The maximum atomic E-state index is 6.14. The zero-order valence-electron chi connectivity index (χ0n) is 8.06. The van der Waals surface area contributed by atoms with E-state index in [1.807, 2.05) is 19.2 Å². The molecule has 1 aliphatic carbocycles. The standard InChI is InChI=1S/C11H13Cl2N/c1-14-6-7-5-9(7)8-3-2-4-10(12)11(8)13/h2-4,7,9,14H,5-6H2,1H3/t7-,9+/m0/s1. The van der Waals surface area contributed by atoms with Crippen LogP contribution in [-0.2, 0) is 0 Å². The molecule has 0 saturated heterocycles. The maximum absolute atomic E-state index is 6.14. The van der Waals surface area contributed by atoms with Crippen LogP contribution in [0.5, 0.6) is 0 Å². The minimum absolute atomic E-state index is 0.605. The molecule has 76 valence electrons. The zero-order valence-corrected chi connectivity index (χ0v) is 9.57. The molecule has 0 amide bonds. The zero-order chi connectivity index (χ0) is 10.1. The Kier molecular flexibility index (Phi) is 3.01. The van der Waals surface area contributed by atoms with Crippen molar-refractivity contribution in [2.24, 2.45) is 5.92 Å². The first kappa shape index (κ1) is 10.3. The normalized spacial score (nSPS) is 25.1. The molecule has 2 rings (SSSR count). The van der Waals surface area contributed by atoms with Crippen LogP contribution in [0, 0.1) is 5.92 Å². The van der Waals surface area contributed by atoms with Crippen LogP contribution in [0.3, 0.4) is 0 Å². The number of hydrogen-bond acceptors (Lipinski definition) is 1. The van der Waals surface area contributed by atoms with E-state index in [9.17, 15) is 0 Å². The third-order valence-corrected chi connectivity index (χ3v) is 3.60. The molecule has 0 aliphatic heterocycles. The summed E-state index contributed by atoms with van der Waals surface area (Å²) in [6.07, 6.45) is 1.22. The second-order valence-electron chi connectivity index (χ2n) is 3.80. The molecular weight excluding hydrogens is 217 g/mol. The van der Waals surface area contributed by atoms with Crippen LogP contribution in [0.4, 0.5) is 0 Å². The molecule has 1 aliphatic rings. The molecule has 1 saturated carbocycles.